The van der Waals surface area contributed by atoms with Crippen LogP contribution >= 0.6 is 34.8 Å². The summed E-state index contributed by atoms with van der Waals surface area (Å²) in [5.74, 6) is 1.23. The van der Waals surface area contributed by atoms with Crippen LogP contribution in [0.25, 0.3) is 0 Å². The number of rotatable bonds is 8. The highest BCUT2D eigenvalue weighted by Crippen LogP contribution is 2.36. The Balaban J connectivity index is 1.43. The Labute approximate surface area is 217 Å². The zero-order valence-electron chi connectivity index (χ0n) is 19.2. The van der Waals surface area contributed by atoms with Crippen LogP contribution < -0.4 is 14.8 Å². The Morgan fingerprint density at radius 3 is 2.54 bits per heavy atom. The van der Waals surface area contributed by atoms with Gasteiger partial charge in [0.15, 0.2) is 11.5 Å². The molecule has 1 N–H and O–H groups in total. The van der Waals surface area contributed by atoms with Gasteiger partial charge in [-0.2, -0.15) is 5.10 Å². The number of methoxy groups -OCH3 is 1. The van der Waals surface area contributed by atoms with E-state index < -0.39 is 5.91 Å². The van der Waals surface area contributed by atoms with Crippen molar-refractivity contribution in [3.8, 4) is 11.5 Å². The summed E-state index contributed by atoms with van der Waals surface area (Å²) in [5, 5.41) is 8.44. The highest BCUT2D eigenvalue weighted by Gasteiger charge is 2.18. The van der Waals surface area contributed by atoms with Crippen molar-refractivity contribution in [2.45, 2.75) is 27.0 Å². The van der Waals surface area contributed by atoms with E-state index in [9.17, 15) is 4.79 Å². The highest BCUT2D eigenvalue weighted by molar-refractivity contribution is 6.40. The number of aromatic nitrogens is 2. The first-order chi connectivity index (χ1) is 16.7. The third-order valence-electron chi connectivity index (χ3n) is 5.29. The number of aryl methyl sites for hydroxylation is 1. The predicted molar refractivity (Wildman–Crippen MR) is 136 cm³/mol. The zero-order valence-corrected chi connectivity index (χ0v) is 21.5. The molecule has 0 aliphatic rings. The standard InChI is InChI=1S/C25H22Cl3N3O4/c1-14-23(15(2)31(30-14)12-16-5-4-6-18(9-16)33-3)29-25(32)22-8-7-19(35-22)13-34-24-20(27)10-17(26)11-21(24)28/h4-11H,12-13H2,1-3H3,(H,29,32). The summed E-state index contributed by atoms with van der Waals surface area (Å²) in [5.41, 5.74) is 3.18. The molecular formula is C25H22Cl3N3O4. The number of carbonyl (C=O) groups excluding carboxylic acids is 1. The van der Waals surface area contributed by atoms with Gasteiger partial charge >= 0.3 is 0 Å². The zero-order chi connectivity index (χ0) is 25.1. The van der Waals surface area contributed by atoms with Crippen molar-refractivity contribution < 1.29 is 18.7 Å². The molecule has 0 spiro atoms. The van der Waals surface area contributed by atoms with Crippen LogP contribution in [0.3, 0.4) is 0 Å². The monoisotopic (exact) mass is 533 g/mol. The van der Waals surface area contributed by atoms with Gasteiger partial charge in [-0.3, -0.25) is 9.48 Å². The molecule has 7 nitrogen and oxygen atoms in total. The first-order valence-electron chi connectivity index (χ1n) is 10.6. The second kappa shape index (κ2) is 10.6. The molecule has 35 heavy (non-hydrogen) atoms. The van der Waals surface area contributed by atoms with Gasteiger partial charge < -0.3 is 19.2 Å². The third-order valence-corrected chi connectivity index (χ3v) is 6.07. The minimum Gasteiger partial charge on any atom is -0.497 e. The van der Waals surface area contributed by atoms with Crippen LogP contribution in [-0.4, -0.2) is 22.8 Å². The van der Waals surface area contributed by atoms with Crippen LogP contribution in [0.1, 0.15) is 33.3 Å². The van der Waals surface area contributed by atoms with E-state index in [1.54, 1.807) is 19.2 Å². The van der Waals surface area contributed by atoms with E-state index in [-0.39, 0.29) is 28.2 Å². The van der Waals surface area contributed by atoms with Crippen LogP contribution in [0.4, 0.5) is 5.69 Å². The van der Waals surface area contributed by atoms with Crippen molar-refractivity contribution in [2.75, 3.05) is 12.4 Å². The summed E-state index contributed by atoms with van der Waals surface area (Å²) in [6.45, 7) is 4.31. The average Bonchev–Trinajstić information content (AvgIpc) is 3.39. The SMILES string of the molecule is COc1cccc(Cn2nc(C)c(NC(=O)c3ccc(COc4c(Cl)cc(Cl)cc4Cl)o3)c2C)c1. The minimum atomic E-state index is -0.397. The van der Waals surface area contributed by atoms with Gasteiger partial charge in [0, 0.05) is 5.02 Å². The van der Waals surface area contributed by atoms with Gasteiger partial charge in [0.1, 0.15) is 18.1 Å². The Morgan fingerprint density at radius 2 is 1.83 bits per heavy atom. The Hall–Kier alpha value is -3.13. The van der Waals surface area contributed by atoms with Crippen LogP contribution in [0, 0.1) is 13.8 Å². The molecule has 0 atom stereocenters. The number of furan rings is 1. The van der Waals surface area contributed by atoms with Crippen molar-refractivity contribution >= 4 is 46.4 Å². The number of ether oxygens (including phenoxy) is 2. The van der Waals surface area contributed by atoms with Gasteiger partial charge in [0.2, 0.25) is 0 Å². The molecule has 0 bridgehead atoms. The van der Waals surface area contributed by atoms with Crippen LogP contribution in [0.2, 0.25) is 15.1 Å². The third kappa shape index (κ3) is 5.75. The fourth-order valence-corrected chi connectivity index (χ4v) is 4.46. The summed E-state index contributed by atoms with van der Waals surface area (Å²) in [7, 11) is 1.63. The molecule has 2 aromatic carbocycles. The number of hydrogen-bond donors (Lipinski definition) is 1. The highest BCUT2D eigenvalue weighted by atomic mass is 35.5. The normalized spacial score (nSPS) is 10.9. The first kappa shape index (κ1) is 25.0. The van der Waals surface area contributed by atoms with E-state index in [1.807, 2.05) is 42.8 Å². The van der Waals surface area contributed by atoms with Gasteiger partial charge in [-0.05, 0) is 55.8 Å². The number of anilines is 1. The molecule has 0 saturated carbocycles. The largest absolute Gasteiger partial charge is 0.497 e. The average molecular weight is 535 g/mol. The van der Waals surface area contributed by atoms with Crippen LogP contribution in [-0.2, 0) is 13.2 Å². The maximum atomic E-state index is 12.8. The molecule has 0 unspecified atom stereocenters. The van der Waals surface area contributed by atoms with Crippen molar-refractivity contribution in [2.24, 2.45) is 0 Å². The smallest absolute Gasteiger partial charge is 0.291 e. The topological polar surface area (TPSA) is 78.5 Å². The van der Waals surface area contributed by atoms with Crippen LogP contribution in [0.5, 0.6) is 11.5 Å². The molecule has 0 aliphatic heterocycles. The summed E-state index contributed by atoms with van der Waals surface area (Å²) in [6.07, 6.45) is 0. The summed E-state index contributed by atoms with van der Waals surface area (Å²) < 4.78 is 18.4. The lowest BCUT2D eigenvalue weighted by Crippen LogP contribution is -2.12. The molecule has 0 fully saturated rings. The minimum absolute atomic E-state index is 0.0326. The fraction of sp³-hybridized carbons (Fsp3) is 0.200. The van der Waals surface area contributed by atoms with Crippen molar-refractivity contribution in [1.29, 1.82) is 0 Å². The van der Waals surface area contributed by atoms with E-state index in [1.165, 1.54) is 12.1 Å². The van der Waals surface area contributed by atoms with E-state index in [0.717, 1.165) is 17.0 Å². The lowest BCUT2D eigenvalue weighted by atomic mass is 10.2. The maximum Gasteiger partial charge on any atom is 0.291 e. The van der Waals surface area contributed by atoms with Gasteiger partial charge in [0.05, 0.1) is 40.8 Å². The molecule has 2 heterocycles. The van der Waals surface area contributed by atoms with E-state index in [2.05, 4.69) is 10.4 Å². The molecule has 0 saturated heterocycles. The molecule has 1 amide bonds. The van der Waals surface area contributed by atoms with Crippen molar-refractivity contribution in [3.63, 3.8) is 0 Å². The Bertz CT molecular complexity index is 1360. The molecule has 182 valence electrons. The van der Waals surface area contributed by atoms with E-state index in [4.69, 9.17) is 48.7 Å². The lowest BCUT2D eigenvalue weighted by molar-refractivity contribution is 0.0992. The fourth-order valence-electron chi connectivity index (χ4n) is 3.54. The second-order valence-electron chi connectivity index (χ2n) is 7.76. The van der Waals surface area contributed by atoms with Gasteiger partial charge in [-0.25, -0.2) is 0 Å². The summed E-state index contributed by atoms with van der Waals surface area (Å²) in [6, 6.07) is 14.0. The van der Waals surface area contributed by atoms with Crippen molar-refractivity contribution in [3.05, 3.63) is 92.1 Å². The molecule has 10 heteroatoms. The summed E-state index contributed by atoms with van der Waals surface area (Å²) in [4.78, 5) is 12.8. The Morgan fingerprint density at radius 1 is 1.09 bits per heavy atom. The molecule has 0 aliphatic carbocycles. The lowest BCUT2D eigenvalue weighted by Gasteiger charge is -2.09. The summed E-state index contributed by atoms with van der Waals surface area (Å²) >= 11 is 18.2. The number of nitrogens with zero attached hydrogens (tertiary/aromatic N) is 2. The van der Waals surface area contributed by atoms with Crippen LogP contribution in [0.15, 0.2) is 52.9 Å². The van der Waals surface area contributed by atoms with E-state index in [0.29, 0.717) is 28.7 Å². The van der Waals surface area contributed by atoms with Gasteiger partial charge in [-0.1, -0.05) is 46.9 Å². The number of amides is 1. The van der Waals surface area contributed by atoms with E-state index >= 15 is 0 Å². The quantitative estimate of drug-likeness (QED) is 0.265. The first-order valence-corrected chi connectivity index (χ1v) is 11.7. The Kier molecular flexibility index (Phi) is 7.60. The van der Waals surface area contributed by atoms with Gasteiger partial charge in [-0.15, -0.1) is 0 Å². The molecule has 0 radical (unpaired) electrons. The number of carbonyl (C=O) groups is 1. The maximum absolute atomic E-state index is 12.8. The molecule has 2 aromatic heterocycles. The van der Waals surface area contributed by atoms with Crippen molar-refractivity contribution in [1.82, 2.24) is 9.78 Å². The predicted octanol–water partition coefficient (Wildman–Crippen LogP) is 6.94. The van der Waals surface area contributed by atoms with Gasteiger partial charge in [0.25, 0.3) is 5.91 Å². The molecule has 4 rings (SSSR count). The number of halogens is 3. The molecule has 4 aromatic rings. The number of hydrogen-bond acceptors (Lipinski definition) is 5. The number of benzene rings is 2. The number of nitrogens with one attached hydrogen (secondary N) is 1. The second-order valence-corrected chi connectivity index (χ2v) is 9.01. The molecular weight excluding hydrogens is 513 g/mol.